The number of amides is 1. The summed E-state index contributed by atoms with van der Waals surface area (Å²) in [5, 5.41) is 3.09. The van der Waals surface area contributed by atoms with Crippen LogP contribution < -0.4 is 5.32 Å². The van der Waals surface area contributed by atoms with Gasteiger partial charge in [-0.3, -0.25) is 9.69 Å². The highest BCUT2D eigenvalue weighted by Gasteiger charge is 2.26. The van der Waals surface area contributed by atoms with Gasteiger partial charge >= 0.3 is 0 Å². The highest BCUT2D eigenvalue weighted by Crippen LogP contribution is 2.16. The van der Waals surface area contributed by atoms with Crippen molar-refractivity contribution < 1.29 is 9.53 Å². The second-order valence-corrected chi connectivity index (χ2v) is 5.47. The molecule has 2 rings (SSSR count). The van der Waals surface area contributed by atoms with Gasteiger partial charge in [0.05, 0.1) is 0 Å². The molecule has 0 bridgehead atoms. The predicted octanol–water partition coefficient (Wildman–Crippen LogP) is 1.15. The van der Waals surface area contributed by atoms with Crippen LogP contribution in [-0.2, 0) is 9.53 Å². The van der Waals surface area contributed by atoms with Crippen LogP contribution in [0.15, 0.2) is 0 Å². The second-order valence-electron chi connectivity index (χ2n) is 5.47. The molecule has 0 aromatic carbocycles. The molecule has 2 aliphatic heterocycles. The number of hydrogen-bond acceptors (Lipinski definition) is 4. The van der Waals surface area contributed by atoms with Gasteiger partial charge in [0.2, 0.25) is 5.91 Å². The summed E-state index contributed by atoms with van der Waals surface area (Å²) in [5.74, 6) is 0.321. The Morgan fingerprint density at radius 1 is 1.14 bits per heavy atom. The average Bonchev–Trinajstić information content (AvgIpc) is 2.48. The lowest BCUT2D eigenvalue weighted by molar-refractivity contribution is -0.133. The van der Waals surface area contributed by atoms with Gasteiger partial charge in [-0.15, -0.1) is 24.8 Å². The molecule has 1 N–H and O–H groups in total. The molecule has 2 saturated heterocycles. The summed E-state index contributed by atoms with van der Waals surface area (Å²) in [6.07, 6.45) is 3.92. The van der Waals surface area contributed by atoms with E-state index >= 15 is 0 Å². The lowest BCUT2D eigenvalue weighted by atomic mass is 10.1. The number of hydrogen-bond donors (Lipinski definition) is 1. The number of nitrogens with zero attached hydrogens (tertiary/aromatic N) is 2. The van der Waals surface area contributed by atoms with Crippen LogP contribution in [-0.4, -0.2) is 74.7 Å². The molecular weight excluding hydrogens is 313 g/mol. The standard InChI is InChI=1S/C14H27N3O2.2ClH/c1-15-6-2-3-14(18)17-9-7-16(8-10-17)13-4-11-19-12-5-13;;/h13,15H,2-12H2,1H3;2*1H. The van der Waals surface area contributed by atoms with E-state index in [0.29, 0.717) is 18.4 Å². The number of halogens is 2. The van der Waals surface area contributed by atoms with Crippen molar-refractivity contribution in [2.45, 2.75) is 31.7 Å². The van der Waals surface area contributed by atoms with Crippen molar-refractivity contribution in [2.24, 2.45) is 0 Å². The van der Waals surface area contributed by atoms with Gasteiger partial charge in [0.25, 0.3) is 0 Å². The van der Waals surface area contributed by atoms with Gasteiger partial charge in [-0.25, -0.2) is 0 Å². The summed E-state index contributed by atoms with van der Waals surface area (Å²) >= 11 is 0. The third kappa shape index (κ3) is 6.70. The van der Waals surface area contributed by atoms with Crippen LogP contribution in [0.5, 0.6) is 0 Å². The van der Waals surface area contributed by atoms with Gasteiger partial charge in [0.1, 0.15) is 0 Å². The topological polar surface area (TPSA) is 44.8 Å². The molecule has 2 heterocycles. The van der Waals surface area contributed by atoms with Crippen LogP contribution in [0.2, 0.25) is 0 Å². The zero-order chi connectivity index (χ0) is 13.5. The van der Waals surface area contributed by atoms with Gasteiger partial charge in [0.15, 0.2) is 0 Å². The zero-order valence-corrected chi connectivity index (χ0v) is 14.5. The van der Waals surface area contributed by atoms with E-state index in [9.17, 15) is 4.79 Å². The molecule has 0 radical (unpaired) electrons. The molecule has 0 unspecified atom stereocenters. The molecule has 0 aliphatic carbocycles. The average molecular weight is 342 g/mol. The second kappa shape index (κ2) is 11.5. The summed E-state index contributed by atoms with van der Waals surface area (Å²) in [7, 11) is 1.93. The Kier molecular flexibility index (Phi) is 11.5. The number of carbonyl (C=O) groups is 1. The molecule has 0 spiro atoms. The summed E-state index contributed by atoms with van der Waals surface area (Å²) in [4.78, 5) is 16.6. The van der Waals surface area contributed by atoms with E-state index in [1.165, 1.54) is 0 Å². The Balaban J connectivity index is 0.00000200. The van der Waals surface area contributed by atoms with Crippen LogP contribution in [0.3, 0.4) is 0 Å². The Morgan fingerprint density at radius 3 is 2.33 bits per heavy atom. The molecule has 7 heteroatoms. The van der Waals surface area contributed by atoms with Gasteiger partial charge < -0.3 is 15.0 Å². The van der Waals surface area contributed by atoms with Gasteiger partial charge in [0, 0.05) is 51.9 Å². The van der Waals surface area contributed by atoms with E-state index in [1.807, 2.05) is 11.9 Å². The molecule has 0 aromatic heterocycles. The normalized spacial score (nSPS) is 20.5. The monoisotopic (exact) mass is 341 g/mol. The first-order valence-electron chi connectivity index (χ1n) is 7.55. The molecule has 0 atom stereocenters. The highest BCUT2D eigenvalue weighted by molar-refractivity contribution is 5.85. The van der Waals surface area contributed by atoms with Crippen molar-refractivity contribution in [2.75, 3.05) is 53.0 Å². The van der Waals surface area contributed by atoms with Crippen molar-refractivity contribution in [3.8, 4) is 0 Å². The third-order valence-corrected chi connectivity index (χ3v) is 4.19. The maximum Gasteiger partial charge on any atom is 0.222 e. The maximum absolute atomic E-state index is 12.0. The van der Waals surface area contributed by atoms with Gasteiger partial charge in [-0.05, 0) is 32.9 Å². The van der Waals surface area contributed by atoms with Crippen LogP contribution in [0.4, 0.5) is 0 Å². The molecule has 1 amide bonds. The zero-order valence-electron chi connectivity index (χ0n) is 12.9. The molecule has 2 fully saturated rings. The van der Waals surface area contributed by atoms with Crippen molar-refractivity contribution in [3.05, 3.63) is 0 Å². The van der Waals surface area contributed by atoms with Crippen molar-refractivity contribution >= 4 is 30.7 Å². The molecular formula is C14H29Cl2N3O2. The van der Waals surface area contributed by atoms with Gasteiger partial charge in [-0.2, -0.15) is 0 Å². The summed E-state index contributed by atoms with van der Waals surface area (Å²) in [6, 6.07) is 0.676. The van der Waals surface area contributed by atoms with E-state index in [2.05, 4.69) is 10.2 Å². The van der Waals surface area contributed by atoms with Crippen molar-refractivity contribution in [1.82, 2.24) is 15.1 Å². The van der Waals surface area contributed by atoms with Crippen LogP contribution in [0, 0.1) is 0 Å². The minimum Gasteiger partial charge on any atom is -0.381 e. The summed E-state index contributed by atoms with van der Waals surface area (Å²) < 4.78 is 5.41. The number of nitrogens with one attached hydrogen (secondary N) is 1. The molecule has 5 nitrogen and oxygen atoms in total. The lowest BCUT2D eigenvalue weighted by Crippen LogP contribution is -2.53. The Morgan fingerprint density at radius 2 is 1.76 bits per heavy atom. The first-order chi connectivity index (χ1) is 9.31. The Hall–Kier alpha value is -0.0700. The smallest absolute Gasteiger partial charge is 0.222 e. The minimum absolute atomic E-state index is 0. The largest absolute Gasteiger partial charge is 0.381 e. The van der Waals surface area contributed by atoms with Crippen molar-refractivity contribution in [1.29, 1.82) is 0 Å². The van der Waals surface area contributed by atoms with E-state index < -0.39 is 0 Å². The highest BCUT2D eigenvalue weighted by atomic mass is 35.5. The Bertz CT molecular complexity index is 281. The third-order valence-electron chi connectivity index (χ3n) is 4.19. The summed E-state index contributed by atoms with van der Waals surface area (Å²) in [5.41, 5.74) is 0. The molecule has 0 saturated carbocycles. The van der Waals surface area contributed by atoms with E-state index in [1.54, 1.807) is 0 Å². The number of rotatable bonds is 5. The molecule has 126 valence electrons. The van der Waals surface area contributed by atoms with Crippen LogP contribution in [0.25, 0.3) is 0 Å². The van der Waals surface area contributed by atoms with E-state index in [-0.39, 0.29) is 24.8 Å². The first kappa shape index (κ1) is 20.9. The quantitative estimate of drug-likeness (QED) is 0.762. The van der Waals surface area contributed by atoms with E-state index in [4.69, 9.17) is 4.74 Å². The summed E-state index contributed by atoms with van der Waals surface area (Å²) in [6.45, 7) is 6.58. The number of ether oxygens (including phenoxy) is 1. The van der Waals surface area contributed by atoms with Crippen LogP contribution in [0.1, 0.15) is 25.7 Å². The lowest BCUT2D eigenvalue weighted by Gasteiger charge is -2.40. The molecule has 21 heavy (non-hydrogen) atoms. The SMILES string of the molecule is CNCCCC(=O)N1CCN(C2CCOCC2)CC1.Cl.Cl. The maximum atomic E-state index is 12.0. The molecule has 2 aliphatic rings. The van der Waals surface area contributed by atoms with Crippen molar-refractivity contribution in [3.63, 3.8) is 0 Å². The van der Waals surface area contributed by atoms with Gasteiger partial charge in [-0.1, -0.05) is 0 Å². The number of carbonyl (C=O) groups excluding carboxylic acids is 1. The molecule has 0 aromatic rings. The fourth-order valence-electron chi connectivity index (χ4n) is 2.96. The van der Waals surface area contributed by atoms with Crippen LogP contribution >= 0.6 is 24.8 Å². The fourth-order valence-corrected chi connectivity index (χ4v) is 2.96. The first-order valence-corrected chi connectivity index (χ1v) is 7.55. The fraction of sp³-hybridized carbons (Fsp3) is 0.929. The minimum atomic E-state index is 0. The Labute approximate surface area is 140 Å². The predicted molar refractivity (Wildman–Crippen MR) is 89.7 cm³/mol. The van der Waals surface area contributed by atoms with E-state index in [0.717, 1.165) is 65.2 Å². The number of piperazine rings is 1.